The van der Waals surface area contributed by atoms with Gasteiger partial charge < -0.3 is 25.4 Å². The highest BCUT2D eigenvalue weighted by molar-refractivity contribution is 5.92. The van der Waals surface area contributed by atoms with Crippen LogP contribution in [0.4, 0.5) is 5.69 Å². The zero-order valence-corrected chi connectivity index (χ0v) is 19.0. The van der Waals surface area contributed by atoms with Gasteiger partial charge in [0.25, 0.3) is 0 Å². The summed E-state index contributed by atoms with van der Waals surface area (Å²) in [5, 5.41) is 15.8. The molecule has 0 aliphatic carbocycles. The number of carbonyl (C=O) groups excluding carboxylic acids is 2. The average molecular weight is 440 g/mol. The van der Waals surface area contributed by atoms with Gasteiger partial charge >= 0.3 is 0 Å². The molecule has 1 heterocycles. The monoisotopic (exact) mass is 439 g/mol. The van der Waals surface area contributed by atoms with Gasteiger partial charge in [-0.2, -0.15) is 0 Å². The highest BCUT2D eigenvalue weighted by atomic mass is 16.5. The van der Waals surface area contributed by atoms with Crippen molar-refractivity contribution in [2.24, 2.45) is 5.92 Å². The Morgan fingerprint density at radius 2 is 2.00 bits per heavy atom. The summed E-state index contributed by atoms with van der Waals surface area (Å²) in [5.74, 6) is 0.520. The minimum absolute atomic E-state index is 0.0663. The number of nitrogens with zero attached hydrogens (tertiary/aromatic N) is 1. The molecular weight excluding hydrogens is 406 g/mol. The van der Waals surface area contributed by atoms with Crippen molar-refractivity contribution in [1.29, 1.82) is 0 Å². The smallest absolute Gasteiger partial charge is 0.228 e. The number of carbonyl (C=O) groups is 2. The number of benzene rings is 2. The molecule has 0 spiro atoms. The standard InChI is InChI=1S/C25H33N3O4/c1-17-15-28(18(2)16-29)25(31)13-20-12-21(9-10-22(20)32-23(17)14-26-3)27-24(30)11-19-7-5-4-6-8-19/h4-10,12,17-18,23,26,29H,11,13-16H2,1-3H3,(H,27,30)/t17-,18+,23-/m1/s1. The Morgan fingerprint density at radius 1 is 1.25 bits per heavy atom. The van der Waals surface area contributed by atoms with Gasteiger partial charge in [-0.05, 0) is 37.7 Å². The van der Waals surface area contributed by atoms with Crippen molar-refractivity contribution in [2.45, 2.75) is 38.8 Å². The quantitative estimate of drug-likeness (QED) is 0.616. The van der Waals surface area contributed by atoms with E-state index in [0.717, 1.165) is 11.1 Å². The molecule has 7 nitrogen and oxygen atoms in total. The molecule has 0 radical (unpaired) electrons. The Labute approximate surface area is 189 Å². The number of anilines is 1. The number of likely N-dealkylation sites (N-methyl/N-ethyl adjacent to an activating group) is 1. The number of hydrogen-bond donors (Lipinski definition) is 3. The molecule has 0 fully saturated rings. The van der Waals surface area contributed by atoms with Crippen LogP contribution in [-0.2, 0) is 22.4 Å². The van der Waals surface area contributed by atoms with E-state index >= 15 is 0 Å². The molecule has 3 rings (SSSR count). The van der Waals surface area contributed by atoms with Crippen LogP contribution in [0.5, 0.6) is 5.75 Å². The van der Waals surface area contributed by atoms with Gasteiger partial charge in [0.15, 0.2) is 0 Å². The normalized spacial score (nSPS) is 19.8. The van der Waals surface area contributed by atoms with E-state index in [-0.39, 0.29) is 49.3 Å². The Balaban J connectivity index is 1.85. The van der Waals surface area contributed by atoms with Gasteiger partial charge in [-0.25, -0.2) is 0 Å². The molecule has 7 heteroatoms. The van der Waals surface area contributed by atoms with E-state index in [1.54, 1.807) is 11.0 Å². The third kappa shape index (κ3) is 6.08. The van der Waals surface area contributed by atoms with Crippen LogP contribution in [0.25, 0.3) is 0 Å². The summed E-state index contributed by atoms with van der Waals surface area (Å²) in [6.45, 7) is 4.93. The number of ether oxygens (including phenoxy) is 1. The van der Waals surface area contributed by atoms with E-state index in [1.165, 1.54) is 0 Å². The average Bonchev–Trinajstić information content (AvgIpc) is 2.82. The summed E-state index contributed by atoms with van der Waals surface area (Å²) >= 11 is 0. The zero-order chi connectivity index (χ0) is 23.1. The lowest BCUT2D eigenvalue weighted by molar-refractivity contribution is -0.134. The number of nitrogens with one attached hydrogen (secondary N) is 2. The highest BCUT2D eigenvalue weighted by Gasteiger charge is 2.30. The molecule has 3 N–H and O–H groups in total. The molecule has 172 valence electrons. The molecule has 0 aromatic heterocycles. The van der Waals surface area contributed by atoms with Gasteiger partial charge in [0.05, 0.1) is 25.5 Å². The number of fused-ring (bicyclic) bond motifs is 1. The van der Waals surface area contributed by atoms with Crippen LogP contribution < -0.4 is 15.4 Å². The number of rotatable bonds is 7. The third-order valence-corrected chi connectivity index (χ3v) is 5.81. The summed E-state index contributed by atoms with van der Waals surface area (Å²) in [7, 11) is 1.87. The van der Waals surface area contributed by atoms with Crippen LogP contribution in [0.15, 0.2) is 48.5 Å². The van der Waals surface area contributed by atoms with Crippen LogP contribution in [0.1, 0.15) is 25.0 Å². The topological polar surface area (TPSA) is 90.9 Å². The maximum absolute atomic E-state index is 13.1. The predicted molar refractivity (Wildman–Crippen MR) is 125 cm³/mol. The maximum Gasteiger partial charge on any atom is 0.228 e. The summed E-state index contributed by atoms with van der Waals surface area (Å²) in [6.07, 6.45) is 0.273. The molecule has 2 aromatic carbocycles. The molecule has 0 saturated heterocycles. The fourth-order valence-corrected chi connectivity index (χ4v) is 3.94. The molecule has 32 heavy (non-hydrogen) atoms. The van der Waals surface area contributed by atoms with E-state index in [4.69, 9.17) is 4.74 Å². The van der Waals surface area contributed by atoms with Crippen molar-refractivity contribution < 1.29 is 19.4 Å². The molecule has 1 aliphatic rings. The second-order valence-electron chi connectivity index (χ2n) is 8.48. The largest absolute Gasteiger partial charge is 0.488 e. The third-order valence-electron chi connectivity index (χ3n) is 5.81. The number of aliphatic hydroxyl groups is 1. The molecule has 2 aromatic rings. The molecule has 3 atom stereocenters. The predicted octanol–water partition coefficient (Wildman–Crippen LogP) is 2.24. The van der Waals surface area contributed by atoms with Gasteiger partial charge in [0.1, 0.15) is 11.9 Å². The molecule has 2 amide bonds. The van der Waals surface area contributed by atoms with Gasteiger partial charge in [-0.1, -0.05) is 37.3 Å². The highest BCUT2D eigenvalue weighted by Crippen LogP contribution is 2.29. The second-order valence-corrected chi connectivity index (χ2v) is 8.48. The lowest BCUT2D eigenvalue weighted by Crippen LogP contribution is -2.47. The zero-order valence-electron chi connectivity index (χ0n) is 19.0. The molecule has 0 saturated carbocycles. The lowest BCUT2D eigenvalue weighted by Gasteiger charge is -2.32. The maximum atomic E-state index is 13.1. The van der Waals surface area contributed by atoms with Crippen molar-refractivity contribution in [3.05, 3.63) is 59.7 Å². The minimum Gasteiger partial charge on any atom is -0.488 e. The lowest BCUT2D eigenvalue weighted by atomic mass is 10.0. The minimum atomic E-state index is -0.282. The fourth-order valence-electron chi connectivity index (χ4n) is 3.94. The van der Waals surface area contributed by atoms with Crippen molar-refractivity contribution in [3.63, 3.8) is 0 Å². The number of aliphatic hydroxyl groups excluding tert-OH is 1. The molecular formula is C25H33N3O4. The van der Waals surface area contributed by atoms with Gasteiger partial charge in [-0.3, -0.25) is 9.59 Å². The first-order valence-corrected chi connectivity index (χ1v) is 11.1. The van der Waals surface area contributed by atoms with Crippen LogP contribution >= 0.6 is 0 Å². The summed E-state index contributed by atoms with van der Waals surface area (Å²) in [4.78, 5) is 27.4. The van der Waals surface area contributed by atoms with E-state index in [2.05, 4.69) is 17.6 Å². The first kappa shape index (κ1) is 23.8. The summed E-state index contributed by atoms with van der Waals surface area (Å²) in [6, 6.07) is 14.7. The SMILES string of the molecule is CNC[C@H]1Oc2ccc(NC(=O)Cc3ccccc3)cc2CC(=O)N([C@@H](C)CO)C[C@H]1C. The van der Waals surface area contributed by atoms with E-state index in [9.17, 15) is 14.7 Å². The van der Waals surface area contributed by atoms with E-state index in [1.807, 2.05) is 56.4 Å². The van der Waals surface area contributed by atoms with Crippen molar-refractivity contribution in [2.75, 3.05) is 32.1 Å². The Bertz CT molecular complexity index is 919. The van der Waals surface area contributed by atoms with Crippen LogP contribution in [0.3, 0.4) is 0 Å². The van der Waals surface area contributed by atoms with Crippen molar-refractivity contribution in [3.8, 4) is 5.75 Å². The second kappa shape index (κ2) is 11.1. The van der Waals surface area contributed by atoms with Gasteiger partial charge in [-0.15, -0.1) is 0 Å². The number of hydrogen-bond acceptors (Lipinski definition) is 5. The molecule has 1 aliphatic heterocycles. The first-order valence-electron chi connectivity index (χ1n) is 11.1. The summed E-state index contributed by atoms with van der Waals surface area (Å²) in [5.41, 5.74) is 2.28. The van der Waals surface area contributed by atoms with Crippen LogP contribution in [0, 0.1) is 5.92 Å². The van der Waals surface area contributed by atoms with Crippen molar-refractivity contribution in [1.82, 2.24) is 10.2 Å². The van der Waals surface area contributed by atoms with E-state index < -0.39 is 0 Å². The van der Waals surface area contributed by atoms with Crippen LogP contribution in [-0.4, -0.2) is 60.7 Å². The van der Waals surface area contributed by atoms with Crippen molar-refractivity contribution >= 4 is 17.5 Å². The Hall–Kier alpha value is -2.90. The van der Waals surface area contributed by atoms with E-state index in [0.29, 0.717) is 24.5 Å². The Morgan fingerprint density at radius 3 is 2.69 bits per heavy atom. The molecule has 0 unspecified atom stereocenters. The molecule has 0 bridgehead atoms. The van der Waals surface area contributed by atoms with Gasteiger partial charge in [0.2, 0.25) is 11.8 Å². The summed E-state index contributed by atoms with van der Waals surface area (Å²) < 4.78 is 6.32. The van der Waals surface area contributed by atoms with Crippen LogP contribution in [0.2, 0.25) is 0 Å². The fraction of sp³-hybridized carbons (Fsp3) is 0.440. The van der Waals surface area contributed by atoms with Gasteiger partial charge in [0, 0.05) is 30.3 Å². The first-order chi connectivity index (χ1) is 15.4. The Kier molecular flexibility index (Phi) is 8.25. The number of amides is 2.